The topological polar surface area (TPSA) is 0 Å². The Bertz CT molecular complexity index is 127. The highest BCUT2D eigenvalue weighted by molar-refractivity contribution is 6.49. The molecule has 0 spiro atoms. The van der Waals surface area contributed by atoms with Gasteiger partial charge in [0.1, 0.15) is 4.33 Å². The van der Waals surface area contributed by atoms with E-state index in [1.807, 2.05) is 0 Å². The Hall–Kier alpha value is 0.580. The first kappa shape index (κ1) is 6.30. The highest BCUT2D eigenvalue weighted by Crippen LogP contribution is 2.57. The summed E-state index contributed by atoms with van der Waals surface area (Å²) < 4.78 is -0.332. The molecule has 0 nitrogen and oxygen atoms in total. The summed E-state index contributed by atoms with van der Waals surface area (Å²) in [5.74, 6) is 1.52. The van der Waals surface area contributed by atoms with E-state index in [-0.39, 0.29) is 4.33 Å². The molecular formula is C7H10Cl2. The minimum absolute atomic E-state index is 0.332. The lowest BCUT2D eigenvalue weighted by molar-refractivity contribution is 0.253. The van der Waals surface area contributed by atoms with Gasteiger partial charge in [0.05, 0.1) is 0 Å². The van der Waals surface area contributed by atoms with Crippen LogP contribution < -0.4 is 0 Å². The Labute approximate surface area is 65.5 Å². The molecule has 0 bridgehead atoms. The minimum Gasteiger partial charge on any atom is -0.101 e. The van der Waals surface area contributed by atoms with Crippen molar-refractivity contribution in [2.24, 2.45) is 11.8 Å². The number of halogens is 2. The van der Waals surface area contributed by atoms with Crippen molar-refractivity contribution >= 4 is 23.2 Å². The largest absolute Gasteiger partial charge is 0.121 e. The van der Waals surface area contributed by atoms with Crippen LogP contribution in [0.3, 0.4) is 0 Å². The van der Waals surface area contributed by atoms with Crippen molar-refractivity contribution in [3.63, 3.8) is 0 Å². The Morgan fingerprint density at radius 2 is 1.78 bits per heavy atom. The van der Waals surface area contributed by atoms with Crippen LogP contribution in [0.5, 0.6) is 0 Å². The SMILES string of the molecule is ClC1(Cl)CCC1C1CC1. The van der Waals surface area contributed by atoms with Gasteiger partial charge in [-0.05, 0) is 37.5 Å². The van der Waals surface area contributed by atoms with Crippen molar-refractivity contribution in [3.05, 3.63) is 0 Å². The molecule has 0 aromatic carbocycles. The van der Waals surface area contributed by atoms with Crippen molar-refractivity contribution in [2.75, 3.05) is 0 Å². The maximum absolute atomic E-state index is 5.97. The van der Waals surface area contributed by atoms with Crippen LogP contribution in [-0.2, 0) is 0 Å². The third-order valence-electron chi connectivity index (χ3n) is 2.52. The first-order valence-electron chi connectivity index (χ1n) is 3.58. The Balaban J connectivity index is 1.98. The van der Waals surface area contributed by atoms with Crippen LogP contribution in [-0.4, -0.2) is 4.33 Å². The molecule has 2 aliphatic carbocycles. The molecule has 0 saturated heterocycles. The summed E-state index contributed by atoms with van der Waals surface area (Å²) in [6.07, 6.45) is 5.01. The second kappa shape index (κ2) is 1.79. The first-order valence-corrected chi connectivity index (χ1v) is 4.33. The van der Waals surface area contributed by atoms with Crippen molar-refractivity contribution in [3.8, 4) is 0 Å². The zero-order chi connectivity index (χ0) is 6.48. The van der Waals surface area contributed by atoms with E-state index in [0.717, 1.165) is 12.3 Å². The molecule has 2 aliphatic rings. The third-order valence-corrected chi connectivity index (χ3v) is 3.46. The quantitative estimate of drug-likeness (QED) is 0.524. The fraction of sp³-hybridized carbons (Fsp3) is 1.00. The van der Waals surface area contributed by atoms with Gasteiger partial charge >= 0.3 is 0 Å². The minimum atomic E-state index is -0.332. The van der Waals surface area contributed by atoms with Crippen LogP contribution in [0.1, 0.15) is 25.7 Å². The van der Waals surface area contributed by atoms with Gasteiger partial charge in [-0.2, -0.15) is 0 Å². The molecule has 9 heavy (non-hydrogen) atoms. The molecule has 0 radical (unpaired) electrons. The van der Waals surface area contributed by atoms with Crippen LogP contribution in [0.25, 0.3) is 0 Å². The van der Waals surface area contributed by atoms with E-state index >= 15 is 0 Å². The third kappa shape index (κ3) is 0.969. The summed E-state index contributed by atoms with van der Waals surface area (Å²) in [5, 5.41) is 0. The summed E-state index contributed by atoms with van der Waals surface area (Å²) >= 11 is 11.9. The monoisotopic (exact) mass is 164 g/mol. The van der Waals surface area contributed by atoms with E-state index in [4.69, 9.17) is 23.2 Å². The van der Waals surface area contributed by atoms with Gasteiger partial charge in [0, 0.05) is 0 Å². The predicted molar refractivity (Wildman–Crippen MR) is 39.9 cm³/mol. The van der Waals surface area contributed by atoms with Crippen LogP contribution in [0.2, 0.25) is 0 Å². The Kier molecular flexibility index (Phi) is 1.26. The lowest BCUT2D eigenvalue weighted by Gasteiger charge is -2.40. The summed E-state index contributed by atoms with van der Waals surface area (Å²) in [7, 11) is 0. The Morgan fingerprint density at radius 3 is 1.89 bits per heavy atom. The van der Waals surface area contributed by atoms with Gasteiger partial charge < -0.3 is 0 Å². The molecule has 2 heteroatoms. The fourth-order valence-electron chi connectivity index (χ4n) is 1.61. The molecular weight excluding hydrogens is 155 g/mol. The van der Waals surface area contributed by atoms with Gasteiger partial charge in [0.2, 0.25) is 0 Å². The molecule has 0 N–H and O–H groups in total. The molecule has 2 rings (SSSR count). The number of rotatable bonds is 1. The van der Waals surface area contributed by atoms with Gasteiger partial charge in [-0.3, -0.25) is 0 Å². The summed E-state index contributed by atoms with van der Waals surface area (Å²) in [4.78, 5) is 0. The summed E-state index contributed by atoms with van der Waals surface area (Å²) in [6.45, 7) is 0. The molecule has 0 aliphatic heterocycles. The lowest BCUT2D eigenvalue weighted by atomic mass is 9.80. The van der Waals surface area contributed by atoms with E-state index in [1.165, 1.54) is 19.3 Å². The smallest absolute Gasteiger partial charge is 0.101 e. The summed E-state index contributed by atoms with van der Waals surface area (Å²) in [6, 6.07) is 0. The van der Waals surface area contributed by atoms with Crippen molar-refractivity contribution in [1.29, 1.82) is 0 Å². The lowest BCUT2D eigenvalue weighted by Crippen LogP contribution is -2.37. The number of alkyl halides is 2. The maximum atomic E-state index is 5.97. The van der Waals surface area contributed by atoms with E-state index in [9.17, 15) is 0 Å². The van der Waals surface area contributed by atoms with Crippen molar-refractivity contribution in [2.45, 2.75) is 30.0 Å². The van der Waals surface area contributed by atoms with E-state index in [1.54, 1.807) is 0 Å². The van der Waals surface area contributed by atoms with Gasteiger partial charge in [0.25, 0.3) is 0 Å². The van der Waals surface area contributed by atoms with Crippen LogP contribution >= 0.6 is 23.2 Å². The first-order chi connectivity index (χ1) is 4.20. The van der Waals surface area contributed by atoms with Crippen LogP contribution in [0, 0.1) is 11.8 Å². The molecule has 0 amide bonds. The molecule has 0 heterocycles. The molecule has 2 saturated carbocycles. The highest BCUT2D eigenvalue weighted by Gasteiger charge is 2.50. The molecule has 52 valence electrons. The molecule has 1 atom stereocenters. The van der Waals surface area contributed by atoms with Crippen LogP contribution in [0.4, 0.5) is 0 Å². The standard InChI is InChI=1S/C7H10Cl2/c8-7(9)4-3-6(7)5-1-2-5/h5-6H,1-4H2. The Morgan fingerprint density at radius 1 is 1.11 bits per heavy atom. The zero-order valence-electron chi connectivity index (χ0n) is 5.24. The van der Waals surface area contributed by atoms with E-state index in [2.05, 4.69) is 0 Å². The normalized spacial score (nSPS) is 40.0. The molecule has 1 unspecified atom stereocenters. The maximum Gasteiger partial charge on any atom is 0.121 e. The number of hydrogen-bond acceptors (Lipinski definition) is 0. The predicted octanol–water partition coefficient (Wildman–Crippen LogP) is 2.98. The highest BCUT2D eigenvalue weighted by atomic mass is 35.5. The van der Waals surface area contributed by atoms with E-state index in [0.29, 0.717) is 5.92 Å². The molecule has 2 fully saturated rings. The van der Waals surface area contributed by atoms with Gasteiger partial charge in [0.15, 0.2) is 0 Å². The average molecular weight is 165 g/mol. The van der Waals surface area contributed by atoms with Gasteiger partial charge in [-0.25, -0.2) is 0 Å². The average Bonchev–Trinajstić information content (AvgIpc) is 2.48. The molecule has 0 aromatic heterocycles. The molecule has 0 aromatic rings. The number of hydrogen-bond donors (Lipinski definition) is 0. The van der Waals surface area contributed by atoms with Gasteiger partial charge in [-0.15, -0.1) is 23.2 Å². The second-order valence-corrected chi connectivity index (χ2v) is 4.79. The summed E-state index contributed by atoms with van der Waals surface area (Å²) in [5.41, 5.74) is 0. The van der Waals surface area contributed by atoms with Crippen LogP contribution in [0.15, 0.2) is 0 Å². The van der Waals surface area contributed by atoms with Gasteiger partial charge in [-0.1, -0.05) is 0 Å². The second-order valence-electron chi connectivity index (χ2n) is 3.24. The fourth-order valence-corrected chi connectivity index (χ4v) is 2.40. The van der Waals surface area contributed by atoms with Crippen molar-refractivity contribution < 1.29 is 0 Å². The zero-order valence-corrected chi connectivity index (χ0v) is 6.75. The van der Waals surface area contributed by atoms with Crippen molar-refractivity contribution in [1.82, 2.24) is 0 Å². The van der Waals surface area contributed by atoms with E-state index < -0.39 is 0 Å².